The zero-order chi connectivity index (χ0) is 16.1. The van der Waals surface area contributed by atoms with Gasteiger partial charge in [-0.15, -0.1) is 0 Å². The van der Waals surface area contributed by atoms with Crippen molar-refractivity contribution in [2.45, 2.75) is 59.5 Å². The van der Waals surface area contributed by atoms with Crippen LogP contribution in [-0.2, 0) is 13.0 Å². The van der Waals surface area contributed by atoms with Crippen LogP contribution in [0.25, 0.3) is 0 Å². The fraction of sp³-hybridized carbons (Fsp3) is 0.562. The summed E-state index contributed by atoms with van der Waals surface area (Å²) in [7, 11) is 0. The molecule has 0 aliphatic rings. The third-order valence-corrected chi connectivity index (χ3v) is 4.05. The molecule has 6 nitrogen and oxygen atoms in total. The Morgan fingerprint density at radius 3 is 2.59 bits per heavy atom. The number of imidazole rings is 1. The molecule has 0 atom stereocenters. The predicted octanol–water partition coefficient (Wildman–Crippen LogP) is 3.28. The van der Waals surface area contributed by atoms with E-state index in [-0.39, 0.29) is 5.91 Å². The lowest BCUT2D eigenvalue weighted by atomic mass is 10.1. The summed E-state index contributed by atoms with van der Waals surface area (Å²) < 4.78 is 3.90. The van der Waals surface area contributed by atoms with E-state index in [1.165, 1.54) is 0 Å². The summed E-state index contributed by atoms with van der Waals surface area (Å²) in [5.74, 6) is 0.430. The van der Waals surface area contributed by atoms with E-state index in [4.69, 9.17) is 0 Å². The smallest absolute Gasteiger partial charge is 0.261 e. The number of carbonyl (C=O) groups excluding carboxylic acids is 1. The Balaban J connectivity index is 2.26. The monoisotopic (exact) mass is 303 g/mol. The highest BCUT2D eigenvalue weighted by Crippen LogP contribution is 2.21. The molecular weight excluding hydrogens is 278 g/mol. The van der Waals surface area contributed by atoms with Gasteiger partial charge < -0.3 is 4.57 Å². The zero-order valence-electron chi connectivity index (χ0n) is 13.8. The number of carbonyl (C=O) groups is 1. The number of nitrogens with one attached hydrogen (secondary N) is 1. The Hall–Kier alpha value is -2.11. The minimum Gasteiger partial charge on any atom is -0.317 e. The maximum Gasteiger partial charge on any atom is 0.261 e. The van der Waals surface area contributed by atoms with Crippen molar-refractivity contribution in [3.05, 3.63) is 29.8 Å². The van der Waals surface area contributed by atoms with Gasteiger partial charge in [0.25, 0.3) is 5.91 Å². The molecule has 0 spiro atoms. The van der Waals surface area contributed by atoms with Crippen molar-refractivity contribution >= 4 is 11.9 Å². The summed E-state index contributed by atoms with van der Waals surface area (Å²) in [5.41, 5.74) is 1.63. The van der Waals surface area contributed by atoms with Crippen LogP contribution in [-0.4, -0.2) is 25.2 Å². The third-order valence-electron chi connectivity index (χ3n) is 4.05. The standard InChI is InChI=1S/C16H25N5O/c1-5-12(6-2)21-14(7-3)13(11-18-21)15(22)19-16-17-9-10-20(16)8-4/h9-12H,5-8H2,1-4H3,(H,17,19,22). The maximum absolute atomic E-state index is 12.6. The molecule has 0 unspecified atom stereocenters. The molecule has 2 rings (SSSR count). The molecule has 0 aliphatic heterocycles. The van der Waals surface area contributed by atoms with Crippen molar-refractivity contribution in [1.82, 2.24) is 19.3 Å². The Bertz CT molecular complexity index is 624. The Morgan fingerprint density at radius 2 is 2.00 bits per heavy atom. The fourth-order valence-electron chi connectivity index (χ4n) is 2.74. The minimum absolute atomic E-state index is 0.144. The molecule has 2 aromatic heterocycles. The van der Waals surface area contributed by atoms with E-state index in [9.17, 15) is 4.79 Å². The van der Waals surface area contributed by atoms with Crippen LogP contribution in [0.2, 0.25) is 0 Å². The molecular formula is C16H25N5O. The number of rotatable bonds is 7. The summed E-state index contributed by atoms with van der Waals surface area (Å²) in [6.45, 7) is 9.13. The first-order valence-electron chi connectivity index (χ1n) is 8.04. The first-order chi connectivity index (χ1) is 10.7. The lowest BCUT2D eigenvalue weighted by Gasteiger charge is -2.16. The molecule has 0 aliphatic carbocycles. The summed E-state index contributed by atoms with van der Waals surface area (Å²) >= 11 is 0. The van der Waals surface area contributed by atoms with Crippen LogP contribution in [0.15, 0.2) is 18.6 Å². The van der Waals surface area contributed by atoms with Crippen LogP contribution in [0, 0.1) is 0 Å². The highest BCUT2D eigenvalue weighted by molar-refractivity contribution is 6.04. The average Bonchev–Trinajstić information content (AvgIpc) is 3.14. The first kappa shape index (κ1) is 16.3. The molecule has 120 valence electrons. The molecule has 22 heavy (non-hydrogen) atoms. The normalized spacial score (nSPS) is 11.1. The predicted molar refractivity (Wildman–Crippen MR) is 87.1 cm³/mol. The van der Waals surface area contributed by atoms with Crippen molar-refractivity contribution in [3.8, 4) is 0 Å². The Kier molecular flexibility index (Phi) is 5.35. The van der Waals surface area contributed by atoms with Gasteiger partial charge in [0.2, 0.25) is 5.95 Å². The van der Waals surface area contributed by atoms with Crippen LogP contribution in [0.5, 0.6) is 0 Å². The first-order valence-corrected chi connectivity index (χ1v) is 8.04. The summed E-state index contributed by atoms with van der Waals surface area (Å²) in [6.07, 6.45) is 8.00. The number of hydrogen-bond donors (Lipinski definition) is 1. The van der Waals surface area contributed by atoms with E-state index in [0.29, 0.717) is 17.6 Å². The van der Waals surface area contributed by atoms with E-state index in [1.54, 1.807) is 12.4 Å². The third kappa shape index (κ3) is 3.05. The van der Waals surface area contributed by atoms with Gasteiger partial charge in [0.05, 0.1) is 23.5 Å². The van der Waals surface area contributed by atoms with E-state index in [2.05, 4.69) is 36.2 Å². The molecule has 1 amide bonds. The van der Waals surface area contributed by atoms with Gasteiger partial charge in [-0.3, -0.25) is 14.8 Å². The van der Waals surface area contributed by atoms with Gasteiger partial charge in [0, 0.05) is 18.9 Å². The number of aromatic nitrogens is 4. The van der Waals surface area contributed by atoms with Crippen LogP contribution >= 0.6 is 0 Å². The molecule has 6 heteroatoms. The van der Waals surface area contributed by atoms with Gasteiger partial charge in [0.15, 0.2) is 0 Å². The van der Waals surface area contributed by atoms with Crippen molar-refractivity contribution in [3.63, 3.8) is 0 Å². The molecule has 1 N–H and O–H groups in total. The molecule has 0 aromatic carbocycles. The fourth-order valence-corrected chi connectivity index (χ4v) is 2.74. The molecule has 0 saturated carbocycles. The van der Waals surface area contributed by atoms with E-state index < -0.39 is 0 Å². The summed E-state index contributed by atoms with van der Waals surface area (Å²) in [5, 5.41) is 7.33. The average molecular weight is 303 g/mol. The molecule has 0 bridgehead atoms. The van der Waals surface area contributed by atoms with Gasteiger partial charge in [0.1, 0.15) is 0 Å². The summed E-state index contributed by atoms with van der Waals surface area (Å²) in [6, 6.07) is 0.342. The van der Waals surface area contributed by atoms with Gasteiger partial charge in [-0.05, 0) is 26.2 Å². The molecule has 2 aromatic rings. The molecule has 0 fully saturated rings. The number of amides is 1. The lowest BCUT2D eigenvalue weighted by Crippen LogP contribution is -2.18. The van der Waals surface area contributed by atoms with Crippen molar-refractivity contribution < 1.29 is 4.79 Å². The van der Waals surface area contributed by atoms with Crippen molar-refractivity contribution in [1.29, 1.82) is 0 Å². The van der Waals surface area contributed by atoms with Gasteiger partial charge in [-0.2, -0.15) is 5.10 Å². The van der Waals surface area contributed by atoms with E-state index in [1.807, 2.05) is 22.4 Å². The highest BCUT2D eigenvalue weighted by Gasteiger charge is 2.20. The second kappa shape index (κ2) is 7.24. The Labute approximate surface area is 131 Å². The van der Waals surface area contributed by atoms with Gasteiger partial charge in [-0.1, -0.05) is 20.8 Å². The molecule has 0 saturated heterocycles. The zero-order valence-corrected chi connectivity index (χ0v) is 13.8. The van der Waals surface area contributed by atoms with E-state index >= 15 is 0 Å². The van der Waals surface area contributed by atoms with Crippen LogP contribution in [0.3, 0.4) is 0 Å². The van der Waals surface area contributed by atoms with E-state index in [0.717, 1.165) is 31.5 Å². The maximum atomic E-state index is 12.6. The van der Waals surface area contributed by atoms with Crippen LogP contribution in [0.4, 0.5) is 5.95 Å². The topological polar surface area (TPSA) is 64.7 Å². The number of nitrogens with zero attached hydrogens (tertiary/aromatic N) is 4. The molecule has 0 radical (unpaired) electrons. The SMILES string of the molecule is CCc1c(C(=O)Nc2nccn2CC)cnn1C(CC)CC. The number of aryl methyl sites for hydroxylation is 1. The Morgan fingerprint density at radius 1 is 1.27 bits per heavy atom. The van der Waals surface area contributed by atoms with Crippen molar-refractivity contribution in [2.75, 3.05) is 5.32 Å². The minimum atomic E-state index is -0.144. The second-order valence-corrected chi connectivity index (χ2v) is 5.26. The second-order valence-electron chi connectivity index (χ2n) is 5.26. The van der Waals surface area contributed by atoms with Crippen LogP contribution in [0.1, 0.15) is 62.6 Å². The van der Waals surface area contributed by atoms with Gasteiger partial charge in [-0.25, -0.2) is 4.98 Å². The highest BCUT2D eigenvalue weighted by atomic mass is 16.1. The number of hydrogen-bond acceptors (Lipinski definition) is 3. The van der Waals surface area contributed by atoms with Crippen molar-refractivity contribution in [2.24, 2.45) is 0 Å². The van der Waals surface area contributed by atoms with Crippen LogP contribution < -0.4 is 5.32 Å². The largest absolute Gasteiger partial charge is 0.317 e. The number of anilines is 1. The lowest BCUT2D eigenvalue weighted by molar-refractivity contribution is 0.102. The summed E-state index contributed by atoms with van der Waals surface area (Å²) in [4.78, 5) is 16.7. The molecule has 2 heterocycles. The van der Waals surface area contributed by atoms with Gasteiger partial charge >= 0.3 is 0 Å². The quantitative estimate of drug-likeness (QED) is 0.853.